The average Bonchev–Trinajstić information content (AvgIpc) is 2.62. The van der Waals surface area contributed by atoms with Crippen LogP contribution in [0.1, 0.15) is 12.0 Å². The van der Waals surface area contributed by atoms with E-state index in [9.17, 15) is 4.79 Å². The lowest BCUT2D eigenvalue weighted by atomic mass is 10.1. The fourth-order valence-corrected chi connectivity index (χ4v) is 3.48. The van der Waals surface area contributed by atoms with Gasteiger partial charge in [-0.1, -0.05) is 6.07 Å². The lowest BCUT2D eigenvalue weighted by Crippen LogP contribution is -2.23. The van der Waals surface area contributed by atoms with Crippen LogP contribution in [0.25, 0.3) is 16.7 Å². The number of nitrogens with zero attached hydrogens (tertiary/aromatic N) is 2. The number of fused-ring (bicyclic) bond motifs is 2. The number of hydrogen-bond donors (Lipinski definition) is 0. The third kappa shape index (κ3) is 2.32. The van der Waals surface area contributed by atoms with Crippen molar-refractivity contribution in [2.24, 2.45) is 0 Å². The molecule has 4 rings (SSSR count). The summed E-state index contributed by atoms with van der Waals surface area (Å²) >= 11 is 1.69. The molecule has 1 aliphatic rings. The van der Waals surface area contributed by atoms with Crippen molar-refractivity contribution < 1.29 is 4.74 Å². The van der Waals surface area contributed by atoms with Crippen LogP contribution in [0, 0.1) is 0 Å². The molecular formula is C18H16N2O2S. The van der Waals surface area contributed by atoms with Crippen LogP contribution in [0.4, 0.5) is 0 Å². The first-order valence-corrected chi connectivity index (χ1v) is 8.82. The fraction of sp³-hybridized carbons (Fsp3) is 0.222. The van der Waals surface area contributed by atoms with Gasteiger partial charge in [-0.2, -0.15) is 0 Å². The summed E-state index contributed by atoms with van der Waals surface area (Å²) < 4.78 is 7.86. The molecule has 3 aromatic rings. The molecule has 0 unspecified atom stereocenters. The molecule has 1 aromatic carbocycles. The summed E-state index contributed by atoms with van der Waals surface area (Å²) in [4.78, 5) is 18.4. The van der Waals surface area contributed by atoms with Crippen molar-refractivity contribution in [3.05, 3.63) is 58.4 Å². The van der Waals surface area contributed by atoms with E-state index in [2.05, 4.69) is 17.1 Å². The van der Waals surface area contributed by atoms with E-state index in [0.717, 1.165) is 29.0 Å². The minimum absolute atomic E-state index is 0.0417. The Hall–Kier alpha value is -2.27. The molecule has 0 bridgehead atoms. The Kier molecular flexibility index (Phi) is 3.58. The molecule has 0 amide bonds. The maximum atomic E-state index is 12.7. The zero-order chi connectivity index (χ0) is 15.8. The number of pyridine rings is 2. The maximum absolute atomic E-state index is 12.7. The first-order valence-electron chi connectivity index (χ1n) is 7.59. The lowest BCUT2D eigenvalue weighted by molar-refractivity contribution is 0.270. The van der Waals surface area contributed by atoms with Gasteiger partial charge < -0.3 is 4.74 Å². The van der Waals surface area contributed by atoms with Gasteiger partial charge in [0.2, 0.25) is 5.88 Å². The summed E-state index contributed by atoms with van der Waals surface area (Å²) in [5.74, 6) is 0.644. The van der Waals surface area contributed by atoms with Crippen LogP contribution in [0.3, 0.4) is 0 Å². The second kappa shape index (κ2) is 5.74. The van der Waals surface area contributed by atoms with E-state index >= 15 is 0 Å². The number of aromatic nitrogens is 2. The monoisotopic (exact) mass is 324 g/mol. The second-order valence-electron chi connectivity index (χ2n) is 5.48. The van der Waals surface area contributed by atoms with Gasteiger partial charge in [-0.15, -0.1) is 11.8 Å². The Morgan fingerprint density at radius 3 is 3.04 bits per heavy atom. The van der Waals surface area contributed by atoms with Crippen molar-refractivity contribution in [1.29, 1.82) is 0 Å². The summed E-state index contributed by atoms with van der Waals surface area (Å²) in [7, 11) is 0. The highest BCUT2D eigenvalue weighted by Gasteiger charge is 2.22. The van der Waals surface area contributed by atoms with Gasteiger partial charge in [-0.05, 0) is 49.4 Å². The highest BCUT2D eigenvalue weighted by Crippen LogP contribution is 2.30. The van der Waals surface area contributed by atoms with Gasteiger partial charge >= 0.3 is 0 Å². The van der Waals surface area contributed by atoms with Crippen molar-refractivity contribution in [3.8, 4) is 11.6 Å². The number of rotatable bonds is 2. The Bertz CT molecular complexity index is 949. The zero-order valence-corrected chi connectivity index (χ0v) is 13.6. The van der Waals surface area contributed by atoms with Gasteiger partial charge in [0.25, 0.3) is 0 Å². The topological polar surface area (TPSA) is 44.1 Å². The SMILES string of the molecule is CSc1cccc(-n2c3c(c(=O)c4cccnc42)CCCO3)c1. The van der Waals surface area contributed by atoms with Crippen LogP contribution in [0.5, 0.6) is 5.88 Å². The Labute approximate surface area is 138 Å². The third-order valence-electron chi connectivity index (χ3n) is 4.10. The predicted molar refractivity (Wildman–Crippen MR) is 92.9 cm³/mol. The van der Waals surface area contributed by atoms with Gasteiger partial charge in [0.15, 0.2) is 11.1 Å². The van der Waals surface area contributed by atoms with Gasteiger partial charge in [-0.3, -0.25) is 9.36 Å². The van der Waals surface area contributed by atoms with Gasteiger partial charge in [0.05, 0.1) is 23.2 Å². The van der Waals surface area contributed by atoms with Crippen molar-refractivity contribution >= 4 is 22.8 Å². The molecular weight excluding hydrogens is 308 g/mol. The molecule has 116 valence electrons. The van der Waals surface area contributed by atoms with Crippen molar-refractivity contribution in [3.63, 3.8) is 0 Å². The smallest absolute Gasteiger partial charge is 0.207 e. The molecule has 3 heterocycles. The summed E-state index contributed by atoms with van der Waals surface area (Å²) in [6, 6.07) is 11.9. The van der Waals surface area contributed by atoms with E-state index in [1.807, 2.05) is 35.1 Å². The van der Waals surface area contributed by atoms with Gasteiger partial charge in [0.1, 0.15) is 0 Å². The maximum Gasteiger partial charge on any atom is 0.207 e. The standard InChI is InChI=1S/C18H16N2O2S/c1-23-13-6-2-5-12(11-13)20-17-14(7-3-9-19-17)16(21)15-8-4-10-22-18(15)20/h2-3,5-7,9,11H,4,8,10H2,1H3. The molecule has 0 saturated heterocycles. The largest absolute Gasteiger partial charge is 0.478 e. The summed E-state index contributed by atoms with van der Waals surface area (Å²) in [6.45, 7) is 0.632. The Morgan fingerprint density at radius 2 is 2.17 bits per heavy atom. The predicted octanol–water partition coefficient (Wildman–Crippen LogP) is 3.43. The first kappa shape index (κ1) is 14.3. The normalized spacial score (nSPS) is 13.6. The highest BCUT2D eigenvalue weighted by molar-refractivity contribution is 7.98. The van der Waals surface area contributed by atoms with E-state index in [0.29, 0.717) is 23.5 Å². The van der Waals surface area contributed by atoms with E-state index < -0.39 is 0 Å². The van der Waals surface area contributed by atoms with Crippen LogP contribution in [-0.4, -0.2) is 22.4 Å². The minimum Gasteiger partial charge on any atom is -0.478 e. The molecule has 0 saturated carbocycles. The zero-order valence-electron chi connectivity index (χ0n) is 12.8. The average molecular weight is 324 g/mol. The van der Waals surface area contributed by atoms with Gasteiger partial charge in [0, 0.05) is 11.1 Å². The molecule has 5 heteroatoms. The van der Waals surface area contributed by atoms with Crippen LogP contribution in [-0.2, 0) is 6.42 Å². The molecule has 23 heavy (non-hydrogen) atoms. The van der Waals surface area contributed by atoms with Crippen LogP contribution < -0.4 is 10.2 Å². The number of hydrogen-bond acceptors (Lipinski definition) is 4. The summed E-state index contributed by atoms with van der Waals surface area (Å²) in [5, 5.41) is 0.645. The van der Waals surface area contributed by atoms with Crippen molar-refractivity contribution in [2.75, 3.05) is 12.9 Å². The molecule has 0 atom stereocenters. The molecule has 0 N–H and O–H groups in total. The van der Waals surface area contributed by atoms with Crippen LogP contribution in [0.15, 0.2) is 52.3 Å². The van der Waals surface area contributed by atoms with Crippen molar-refractivity contribution in [2.45, 2.75) is 17.7 Å². The van der Waals surface area contributed by atoms with E-state index in [-0.39, 0.29) is 5.43 Å². The molecule has 0 radical (unpaired) electrons. The fourth-order valence-electron chi connectivity index (χ4n) is 3.02. The summed E-state index contributed by atoms with van der Waals surface area (Å²) in [5.41, 5.74) is 2.42. The molecule has 4 nitrogen and oxygen atoms in total. The van der Waals surface area contributed by atoms with Crippen LogP contribution >= 0.6 is 11.8 Å². The molecule has 0 aliphatic carbocycles. The third-order valence-corrected chi connectivity index (χ3v) is 4.83. The minimum atomic E-state index is 0.0417. The highest BCUT2D eigenvalue weighted by atomic mass is 32.2. The van der Waals surface area contributed by atoms with E-state index in [4.69, 9.17) is 4.74 Å². The Morgan fingerprint density at radius 1 is 1.26 bits per heavy atom. The number of ether oxygens (including phenoxy) is 1. The van der Waals surface area contributed by atoms with Crippen LogP contribution in [0.2, 0.25) is 0 Å². The second-order valence-corrected chi connectivity index (χ2v) is 6.36. The number of benzene rings is 1. The molecule has 0 fully saturated rings. The van der Waals surface area contributed by atoms with Crippen molar-refractivity contribution in [1.82, 2.24) is 9.55 Å². The Balaban J connectivity index is 2.12. The lowest BCUT2D eigenvalue weighted by Gasteiger charge is -2.23. The quantitative estimate of drug-likeness (QED) is 0.678. The van der Waals surface area contributed by atoms with E-state index in [1.165, 1.54) is 0 Å². The number of thioether (sulfide) groups is 1. The molecule has 1 aliphatic heterocycles. The van der Waals surface area contributed by atoms with Gasteiger partial charge in [-0.25, -0.2) is 4.98 Å². The molecule has 2 aromatic heterocycles. The first-order chi connectivity index (χ1) is 11.3. The van der Waals surface area contributed by atoms with E-state index in [1.54, 1.807) is 18.0 Å². The summed E-state index contributed by atoms with van der Waals surface area (Å²) in [6.07, 6.45) is 5.39. The molecule has 0 spiro atoms.